The van der Waals surface area contributed by atoms with Gasteiger partial charge in [-0.3, -0.25) is 4.79 Å². The predicted molar refractivity (Wildman–Crippen MR) is 53.6 cm³/mol. The van der Waals surface area contributed by atoms with E-state index in [1.807, 2.05) is 0 Å². The van der Waals surface area contributed by atoms with Crippen LogP contribution in [0, 0.1) is 0 Å². The summed E-state index contributed by atoms with van der Waals surface area (Å²) in [5, 5.41) is 19.7. The van der Waals surface area contributed by atoms with Crippen molar-refractivity contribution in [3.05, 3.63) is 18.2 Å². The van der Waals surface area contributed by atoms with Crippen molar-refractivity contribution in [3.63, 3.8) is 0 Å². The number of aromatic nitrogens is 2. The van der Waals surface area contributed by atoms with Crippen LogP contribution in [0.4, 0.5) is 0 Å². The first-order valence-electron chi connectivity index (χ1n) is 4.73. The number of aromatic amines is 1. The van der Waals surface area contributed by atoms with Gasteiger partial charge < -0.3 is 20.5 Å². The molecule has 1 amide bonds. The van der Waals surface area contributed by atoms with E-state index in [1.54, 1.807) is 0 Å². The van der Waals surface area contributed by atoms with Gasteiger partial charge in [0, 0.05) is 24.7 Å². The normalized spacial score (nSPS) is 12.1. The molecule has 0 saturated carbocycles. The Bertz CT molecular complexity index is 350. The van der Waals surface area contributed by atoms with Crippen LogP contribution in [0.25, 0.3) is 0 Å². The van der Waals surface area contributed by atoms with Crippen molar-refractivity contribution < 1.29 is 19.8 Å². The molecule has 16 heavy (non-hydrogen) atoms. The van der Waals surface area contributed by atoms with Gasteiger partial charge >= 0.3 is 5.97 Å². The predicted octanol–water partition coefficient (Wildman–Crippen LogP) is -1.10. The quantitative estimate of drug-likeness (QED) is 0.492. The third kappa shape index (κ3) is 3.70. The van der Waals surface area contributed by atoms with E-state index in [0.717, 1.165) is 0 Å². The van der Waals surface area contributed by atoms with Crippen molar-refractivity contribution >= 4 is 11.9 Å². The lowest BCUT2D eigenvalue weighted by Gasteiger charge is -2.12. The standard InChI is InChI=1S/C9H13N3O4/c13-2-1-8(14)12-7(9(15)16)3-6-4-10-5-11-6/h4-5,7,13H,1-3H2,(H,10,11)(H,12,14)(H,15,16)/t7-/m0/s1. The first-order valence-corrected chi connectivity index (χ1v) is 4.73. The average Bonchev–Trinajstić information content (AvgIpc) is 2.69. The van der Waals surface area contributed by atoms with Gasteiger partial charge in [-0.25, -0.2) is 9.78 Å². The highest BCUT2D eigenvalue weighted by Crippen LogP contribution is 1.99. The number of carbonyl (C=O) groups excluding carboxylic acids is 1. The Morgan fingerprint density at radius 1 is 1.56 bits per heavy atom. The molecule has 0 radical (unpaired) electrons. The first-order chi connectivity index (χ1) is 7.63. The first kappa shape index (κ1) is 12.2. The number of carboxylic acid groups (broad SMARTS) is 1. The van der Waals surface area contributed by atoms with Crippen molar-refractivity contribution in [2.75, 3.05) is 6.61 Å². The highest BCUT2D eigenvalue weighted by Gasteiger charge is 2.20. The Morgan fingerprint density at radius 3 is 2.81 bits per heavy atom. The minimum atomic E-state index is -1.12. The van der Waals surface area contributed by atoms with Gasteiger partial charge in [0.05, 0.1) is 12.9 Å². The monoisotopic (exact) mass is 227 g/mol. The molecule has 4 N–H and O–H groups in total. The number of aliphatic hydroxyl groups is 1. The number of rotatable bonds is 6. The second kappa shape index (κ2) is 5.86. The van der Waals surface area contributed by atoms with Gasteiger partial charge in [0.2, 0.25) is 5.91 Å². The lowest BCUT2D eigenvalue weighted by Crippen LogP contribution is -2.42. The minimum absolute atomic E-state index is 0.104. The van der Waals surface area contributed by atoms with E-state index < -0.39 is 17.9 Å². The van der Waals surface area contributed by atoms with Crippen LogP contribution in [0.5, 0.6) is 0 Å². The molecule has 88 valence electrons. The summed E-state index contributed by atoms with van der Waals surface area (Å²) in [7, 11) is 0. The molecule has 0 aliphatic rings. The van der Waals surface area contributed by atoms with Crippen LogP contribution < -0.4 is 5.32 Å². The Balaban J connectivity index is 2.54. The van der Waals surface area contributed by atoms with E-state index in [1.165, 1.54) is 12.5 Å². The molecule has 1 rings (SSSR count). The number of H-pyrrole nitrogens is 1. The minimum Gasteiger partial charge on any atom is -0.480 e. The third-order valence-corrected chi connectivity index (χ3v) is 1.95. The number of imidazole rings is 1. The largest absolute Gasteiger partial charge is 0.480 e. The van der Waals surface area contributed by atoms with Gasteiger partial charge in [-0.05, 0) is 0 Å². The van der Waals surface area contributed by atoms with E-state index in [-0.39, 0.29) is 19.4 Å². The summed E-state index contributed by atoms with van der Waals surface area (Å²) in [6, 6.07) is -1.01. The van der Waals surface area contributed by atoms with Crippen molar-refractivity contribution in [3.8, 4) is 0 Å². The summed E-state index contributed by atoms with van der Waals surface area (Å²) in [6.07, 6.45) is 2.96. The van der Waals surface area contributed by atoms with Gasteiger partial charge in [0.1, 0.15) is 6.04 Å². The molecule has 1 aromatic heterocycles. The Hall–Kier alpha value is -1.89. The number of nitrogens with zero attached hydrogens (tertiary/aromatic N) is 1. The van der Waals surface area contributed by atoms with E-state index in [2.05, 4.69) is 15.3 Å². The van der Waals surface area contributed by atoms with Crippen LogP contribution in [0.3, 0.4) is 0 Å². The molecule has 0 aliphatic heterocycles. The van der Waals surface area contributed by atoms with Crippen LogP contribution in [-0.4, -0.2) is 44.7 Å². The zero-order chi connectivity index (χ0) is 12.0. The van der Waals surface area contributed by atoms with Crippen molar-refractivity contribution in [2.45, 2.75) is 18.9 Å². The number of nitrogens with one attached hydrogen (secondary N) is 2. The average molecular weight is 227 g/mol. The summed E-state index contributed by atoms with van der Waals surface area (Å²) >= 11 is 0. The van der Waals surface area contributed by atoms with Crippen molar-refractivity contribution in [2.24, 2.45) is 0 Å². The fourth-order valence-corrected chi connectivity index (χ4v) is 1.18. The van der Waals surface area contributed by atoms with Crippen LogP contribution in [-0.2, 0) is 16.0 Å². The van der Waals surface area contributed by atoms with Gasteiger partial charge in [-0.1, -0.05) is 0 Å². The van der Waals surface area contributed by atoms with Gasteiger partial charge in [-0.15, -0.1) is 0 Å². The smallest absolute Gasteiger partial charge is 0.326 e. The van der Waals surface area contributed by atoms with Crippen LogP contribution in [0.15, 0.2) is 12.5 Å². The number of carbonyl (C=O) groups is 2. The molecule has 0 unspecified atom stereocenters. The summed E-state index contributed by atoms with van der Waals surface area (Å²) < 4.78 is 0. The van der Waals surface area contributed by atoms with E-state index in [4.69, 9.17) is 10.2 Å². The maximum atomic E-state index is 11.1. The molecule has 0 fully saturated rings. The van der Waals surface area contributed by atoms with E-state index >= 15 is 0 Å². The molecule has 1 heterocycles. The topological polar surface area (TPSA) is 115 Å². The van der Waals surface area contributed by atoms with Crippen molar-refractivity contribution in [1.29, 1.82) is 0 Å². The molecular formula is C9H13N3O4. The molecule has 0 aliphatic carbocycles. The third-order valence-electron chi connectivity index (χ3n) is 1.95. The zero-order valence-corrected chi connectivity index (χ0v) is 8.51. The second-order valence-electron chi connectivity index (χ2n) is 3.21. The Morgan fingerprint density at radius 2 is 2.31 bits per heavy atom. The fraction of sp³-hybridized carbons (Fsp3) is 0.444. The molecule has 1 atom stereocenters. The van der Waals surface area contributed by atoms with E-state index in [0.29, 0.717) is 5.69 Å². The molecule has 1 aromatic rings. The summed E-state index contributed by atoms with van der Waals surface area (Å²) in [5.74, 6) is -1.62. The second-order valence-corrected chi connectivity index (χ2v) is 3.21. The SMILES string of the molecule is O=C(CCO)N[C@@H](Cc1cnc[nH]1)C(=O)O. The van der Waals surface area contributed by atoms with Crippen LogP contribution in [0.2, 0.25) is 0 Å². The molecule has 7 heteroatoms. The number of carboxylic acids is 1. The molecular weight excluding hydrogens is 214 g/mol. The van der Waals surface area contributed by atoms with Gasteiger partial charge in [0.15, 0.2) is 0 Å². The van der Waals surface area contributed by atoms with Gasteiger partial charge in [0.25, 0.3) is 0 Å². The number of aliphatic carboxylic acids is 1. The number of hydrogen-bond donors (Lipinski definition) is 4. The molecule has 0 saturated heterocycles. The highest BCUT2D eigenvalue weighted by molar-refractivity contribution is 5.83. The van der Waals surface area contributed by atoms with Crippen LogP contribution >= 0.6 is 0 Å². The zero-order valence-electron chi connectivity index (χ0n) is 8.51. The lowest BCUT2D eigenvalue weighted by molar-refractivity contribution is -0.141. The molecule has 0 aromatic carbocycles. The fourth-order valence-electron chi connectivity index (χ4n) is 1.18. The van der Waals surface area contributed by atoms with Gasteiger partial charge in [-0.2, -0.15) is 0 Å². The maximum absolute atomic E-state index is 11.1. The number of hydrogen-bond acceptors (Lipinski definition) is 4. The molecule has 7 nitrogen and oxygen atoms in total. The van der Waals surface area contributed by atoms with E-state index in [9.17, 15) is 9.59 Å². The Labute approximate surface area is 91.5 Å². The maximum Gasteiger partial charge on any atom is 0.326 e. The summed E-state index contributed by atoms with van der Waals surface area (Å²) in [5.41, 5.74) is 0.622. The Kier molecular flexibility index (Phi) is 4.46. The highest BCUT2D eigenvalue weighted by atomic mass is 16.4. The lowest BCUT2D eigenvalue weighted by atomic mass is 10.1. The summed E-state index contributed by atoms with van der Waals surface area (Å²) in [6.45, 7) is -0.303. The van der Waals surface area contributed by atoms with Crippen molar-refractivity contribution in [1.82, 2.24) is 15.3 Å². The van der Waals surface area contributed by atoms with Crippen LogP contribution in [0.1, 0.15) is 12.1 Å². The molecule has 0 bridgehead atoms. The number of amides is 1. The number of aliphatic hydroxyl groups excluding tert-OH is 1. The molecule has 0 spiro atoms. The summed E-state index contributed by atoms with van der Waals surface area (Å²) in [4.78, 5) is 28.5.